The topological polar surface area (TPSA) is 55.8 Å². The summed E-state index contributed by atoms with van der Waals surface area (Å²) in [4.78, 5) is 11.8. The summed E-state index contributed by atoms with van der Waals surface area (Å²) >= 11 is 0. The van der Waals surface area contributed by atoms with Crippen molar-refractivity contribution in [2.45, 2.75) is 82.9 Å². The van der Waals surface area contributed by atoms with Gasteiger partial charge in [-0.1, -0.05) is 13.0 Å². The van der Waals surface area contributed by atoms with Crippen molar-refractivity contribution in [1.29, 1.82) is 0 Å². The van der Waals surface area contributed by atoms with E-state index in [1.54, 1.807) is 6.92 Å². The second kappa shape index (κ2) is 5.32. The van der Waals surface area contributed by atoms with Crippen LogP contribution >= 0.6 is 0 Å². The number of ketones is 1. The number of hydrogen-bond acceptors (Lipinski definition) is 4. The predicted octanol–water partition coefficient (Wildman–Crippen LogP) is 3.44. The maximum absolute atomic E-state index is 16.9. The Morgan fingerprint density at radius 2 is 1.86 bits per heavy atom. The molecule has 28 heavy (non-hydrogen) atoms. The fraction of sp³-hybridized carbons (Fsp3) is 0.773. The Hall–Kier alpha value is -1.11. The Kier molecular flexibility index (Phi) is 3.59. The molecule has 3 saturated carbocycles. The number of fused-ring (bicyclic) bond motifs is 7. The van der Waals surface area contributed by atoms with Gasteiger partial charge in [-0.3, -0.25) is 4.79 Å². The molecule has 1 N–H and O–H groups in total. The molecular formula is C22H28F2O4. The summed E-state index contributed by atoms with van der Waals surface area (Å²) in [5.74, 6) is -1.86. The van der Waals surface area contributed by atoms with Crippen LogP contribution in [0.1, 0.15) is 47.0 Å². The number of carbonyl (C=O) groups excluding carboxylic acids is 1. The van der Waals surface area contributed by atoms with E-state index in [2.05, 4.69) is 0 Å². The molecule has 154 valence electrons. The molecule has 0 amide bonds. The van der Waals surface area contributed by atoms with E-state index in [-0.39, 0.29) is 42.3 Å². The van der Waals surface area contributed by atoms with Crippen molar-refractivity contribution in [2.24, 2.45) is 22.7 Å². The first kappa shape index (κ1) is 18.9. The minimum atomic E-state index is -2.03. The quantitative estimate of drug-likeness (QED) is 0.684. The van der Waals surface area contributed by atoms with E-state index in [9.17, 15) is 9.90 Å². The number of halogens is 2. The van der Waals surface area contributed by atoms with Crippen LogP contribution in [-0.4, -0.2) is 46.8 Å². The van der Waals surface area contributed by atoms with Gasteiger partial charge < -0.3 is 14.6 Å². The van der Waals surface area contributed by atoms with Gasteiger partial charge in [-0.25, -0.2) is 8.78 Å². The van der Waals surface area contributed by atoms with Crippen LogP contribution in [0.3, 0.4) is 0 Å². The lowest BCUT2D eigenvalue weighted by molar-refractivity contribution is -0.229. The zero-order valence-corrected chi connectivity index (χ0v) is 16.7. The van der Waals surface area contributed by atoms with E-state index in [4.69, 9.17) is 9.47 Å². The second-order valence-electron chi connectivity index (χ2n) is 10.3. The molecular weight excluding hydrogens is 366 g/mol. The summed E-state index contributed by atoms with van der Waals surface area (Å²) in [6, 6.07) is 0. The van der Waals surface area contributed by atoms with Crippen LogP contribution in [-0.2, 0) is 14.3 Å². The fourth-order valence-corrected chi connectivity index (χ4v) is 7.17. The lowest BCUT2D eigenvalue weighted by atomic mass is 9.45. The Morgan fingerprint density at radius 1 is 1.14 bits per heavy atom. The van der Waals surface area contributed by atoms with Crippen molar-refractivity contribution in [3.63, 3.8) is 0 Å². The lowest BCUT2D eigenvalue weighted by Gasteiger charge is -2.62. The maximum atomic E-state index is 16.9. The van der Waals surface area contributed by atoms with Gasteiger partial charge in [0.25, 0.3) is 0 Å². The average molecular weight is 394 g/mol. The van der Waals surface area contributed by atoms with Gasteiger partial charge >= 0.3 is 0 Å². The molecule has 0 bridgehead atoms. The fourth-order valence-electron chi connectivity index (χ4n) is 7.17. The highest BCUT2D eigenvalue weighted by Crippen LogP contribution is 2.69. The summed E-state index contributed by atoms with van der Waals surface area (Å²) in [5, 5.41) is 11.1. The Morgan fingerprint density at radius 3 is 2.57 bits per heavy atom. The zero-order chi connectivity index (χ0) is 20.3. The molecule has 0 aromatic carbocycles. The van der Waals surface area contributed by atoms with Crippen LogP contribution in [0.25, 0.3) is 0 Å². The van der Waals surface area contributed by atoms with Gasteiger partial charge in [-0.05, 0) is 63.7 Å². The largest absolute Gasteiger partial charge is 0.390 e. The van der Waals surface area contributed by atoms with Crippen LogP contribution in [0.5, 0.6) is 0 Å². The van der Waals surface area contributed by atoms with Crippen LogP contribution in [0.2, 0.25) is 0 Å². The van der Waals surface area contributed by atoms with E-state index in [0.717, 1.165) is 0 Å². The number of rotatable bonds is 0. The Labute approximate surface area is 164 Å². The number of carbonyl (C=O) groups is 1. The van der Waals surface area contributed by atoms with Gasteiger partial charge in [-0.2, -0.15) is 0 Å². The molecule has 0 spiro atoms. The number of ether oxygens (including phenoxy) is 2. The molecule has 6 heteroatoms. The maximum Gasteiger partial charge on any atom is 0.178 e. The molecule has 1 saturated heterocycles. The molecule has 1 heterocycles. The zero-order valence-electron chi connectivity index (χ0n) is 16.7. The van der Waals surface area contributed by atoms with Crippen molar-refractivity contribution in [2.75, 3.05) is 0 Å². The normalized spacial score (nSPS) is 56.5. The second-order valence-corrected chi connectivity index (χ2v) is 10.3. The van der Waals surface area contributed by atoms with E-state index in [0.29, 0.717) is 6.42 Å². The van der Waals surface area contributed by atoms with Gasteiger partial charge in [0, 0.05) is 16.7 Å². The monoisotopic (exact) mass is 394 g/mol. The van der Waals surface area contributed by atoms with Crippen molar-refractivity contribution >= 4 is 5.78 Å². The van der Waals surface area contributed by atoms with Crippen LogP contribution in [0, 0.1) is 22.7 Å². The van der Waals surface area contributed by atoms with Crippen LogP contribution in [0.15, 0.2) is 23.8 Å². The molecule has 0 aromatic heterocycles. The first-order chi connectivity index (χ1) is 12.9. The molecule has 4 nitrogen and oxygen atoms in total. The van der Waals surface area contributed by atoms with E-state index < -0.39 is 40.5 Å². The van der Waals surface area contributed by atoms with Gasteiger partial charge in [0.1, 0.15) is 6.17 Å². The number of aliphatic hydroxyl groups is 1. The third-order valence-electron chi connectivity index (χ3n) is 8.38. The average Bonchev–Trinajstić information content (AvgIpc) is 3.03. The highest BCUT2D eigenvalue weighted by atomic mass is 19.1. The summed E-state index contributed by atoms with van der Waals surface area (Å²) in [6.45, 7) is 7.38. The molecule has 9 atom stereocenters. The van der Waals surface area contributed by atoms with Gasteiger partial charge in [0.05, 0.1) is 18.3 Å². The Bertz CT molecular complexity index is 806. The molecule has 0 aromatic rings. The Balaban J connectivity index is 1.60. The molecule has 4 unspecified atom stereocenters. The number of allylic oxidation sites excluding steroid dienone is 4. The minimum absolute atomic E-state index is 0.0286. The molecule has 0 radical (unpaired) electrons. The standard InChI is InChI=1S/C22H28F2O4/c1-19(2)27-16-9-12-13-8-15(23)14-7-11(25)5-6-21(14,4)22(13,24)17(26)10-20(12,3)18(16)28-19/h5-7,12-13,15-18,26H,8-10H2,1-4H3/t12?,13?,15-,16+,17-,18+,20?,21?,22-/m0/s1. The predicted molar refractivity (Wildman–Crippen MR) is 97.8 cm³/mol. The van der Waals surface area contributed by atoms with Crippen LogP contribution < -0.4 is 0 Å². The molecule has 5 aliphatic rings. The molecule has 4 aliphatic carbocycles. The first-order valence-corrected chi connectivity index (χ1v) is 10.2. The van der Waals surface area contributed by atoms with E-state index in [1.165, 1.54) is 18.2 Å². The van der Waals surface area contributed by atoms with Crippen molar-refractivity contribution in [3.05, 3.63) is 23.8 Å². The highest BCUT2D eigenvalue weighted by molar-refractivity contribution is 6.01. The summed E-state index contributed by atoms with van der Waals surface area (Å²) in [6.07, 6.45) is 1.71. The van der Waals surface area contributed by atoms with Crippen molar-refractivity contribution < 1.29 is 28.2 Å². The molecule has 4 fully saturated rings. The molecule has 1 aliphatic heterocycles. The number of aliphatic hydroxyl groups excluding tert-OH is 1. The van der Waals surface area contributed by atoms with Crippen LogP contribution in [0.4, 0.5) is 8.78 Å². The van der Waals surface area contributed by atoms with Crippen molar-refractivity contribution in [1.82, 2.24) is 0 Å². The molecule has 5 rings (SSSR count). The smallest absolute Gasteiger partial charge is 0.178 e. The van der Waals surface area contributed by atoms with Gasteiger partial charge in [-0.15, -0.1) is 0 Å². The van der Waals surface area contributed by atoms with E-state index in [1.807, 2.05) is 20.8 Å². The minimum Gasteiger partial charge on any atom is -0.390 e. The van der Waals surface area contributed by atoms with Gasteiger partial charge in [0.2, 0.25) is 0 Å². The highest BCUT2D eigenvalue weighted by Gasteiger charge is 2.74. The lowest BCUT2D eigenvalue weighted by Crippen LogP contribution is -2.68. The number of hydrogen-bond donors (Lipinski definition) is 1. The first-order valence-electron chi connectivity index (χ1n) is 10.2. The SMILES string of the molecule is CC1(C)O[C@@H]2[C@@H](CC3C4C[C@H](F)C5=CC(=O)C=CC5(C)[C@@]4(F)[C@@H](O)CC32C)O1. The van der Waals surface area contributed by atoms with Gasteiger partial charge in [0.15, 0.2) is 17.2 Å². The van der Waals surface area contributed by atoms with E-state index >= 15 is 8.78 Å². The summed E-state index contributed by atoms with van der Waals surface area (Å²) in [5.41, 5.74) is -3.68. The van der Waals surface area contributed by atoms with Crippen molar-refractivity contribution in [3.8, 4) is 0 Å². The third-order valence-corrected chi connectivity index (χ3v) is 8.38. The number of alkyl halides is 2. The third kappa shape index (κ3) is 2.07. The summed E-state index contributed by atoms with van der Waals surface area (Å²) < 4.78 is 44.3. The summed E-state index contributed by atoms with van der Waals surface area (Å²) in [7, 11) is 0.